The van der Waals surface area contributed by atoms with Gasteiger partial charge >= 0.3 is 5.97 Å². The summed E-state index contributed by atoms with van der Waals surface area (Å²) in [4.78, 5) is 119. The summed E-state index contributed by atoms with van der Waals surface area (Å²) in [5.74, 6) is -9.81. The molecule has 0 aromatic heterocycles. The number of carbonyl (C=O) groups excluding carboxylic acids is 8. The van der Waals surface area contributed by atoms with E-state index >= 15 is 0 Å². The van der Waals surface area contributed by atoms with E-state index in [1.807, 2.05) is 0 Å². The molecule has 1 heterocycles. The molecule has 1 fully saturated rings. The second kappa shape index (κ2) is 26.7. The van der Waals surface area contributed by atoms with Gasteiger partial charge in [-0.1, -0.05) is 48.0 Å². The van der Waals surface area contributed by atoms with Crippen molar-refractivity contribution >= 4 is 59.2 Å². The predicted octanol–water partition coefficient (Wildman–Crippen LogP) is -4.83. The number of nitrogens with one attached hydrogen (secondary N) is 8. The molecule has 1 aliphatic heterocycles. The summed E-state index contributed by atoms with van der Waals surface area (Å²) in [5.41, 5.74) is 16.3. The number of nitrogens with two attached hydrogens (primary N) is 3. The van der Waals surface area contributed by atoms with Crippen LogP contribution in [0.15, 0.2) is 0 Å². The van der Waals surface area contributed by atoms with Crippen LogP contribution in [-0.4, -0.2) is 154 Å². The second-order valence-electron chi connectivity index (χ2n) is 16.0. The number of guanidine groups is 1. The highest BCUT2D eigenvalue weighted by Crippen LogP contribution is 2.21. The molecule has 62 heavy (non-hydrogen) atoms. The zero-order chi connectivity index (χ0) is 47.4. The Labute approximate surface area is 360 Å². The zero-order valence-electron chi connectivity index (χ0n) is 36.3. The summed E-state index contributed by atoms with van der Waals surface area (Å²) in [7, 11) is 0. The monoisotopic (exact) mass is 885 g/mol. The van der Waals surface area contributed by atoms with E-state index in [-0.39, 0.29) is 51.2 Å². The summed E-state index contributed by atoms with van der Waals surface area (Å²) in [6, 6.07) is -10.5. The maximum absolute atomic E-state index is 14.0. The van der Waals surface area contributed by atoms with E-state index in [0.29, 0.717) is 12.8 Å². The molecule has 0 aromatic carbocycles. The quantitative estimate of drug-likeness (QED) is 0.0209. The summed E-state index contributed by atoms with van der Waals surface area (Å²) in [6.07, 6.45) is 0.513. The van der Waals surface area contributed by atoms with Crippen LogP contribution >= 0.6 is 0 Å². The molecule has 1 saturated heterocycles. The first-order valence-electron chi connectivity index (χ1n) is 20.7. The van der Waals surface area contributed by atoms with E-state index in [1.165, 1.54) is 0 Å². The Morgan fingerprint density at radius 2 is 1.24 bits per heavy atom. The number of rotatable bonds is 27. The molecule has 1 rings (SSSR count). The van der Waals surface area contributed by atoms with Gasteiger partial charge in [0.2, 0.25) is 47.3 Å². The summed E-state index contributed by atoms with van der Waals surface area (Å²) < 4.78 is 0. The molecule has 352 valence electrons. The van der Waals surface area contributed by atoms with Crippen LogP contribution in [0.3, 0.4) is 0 Å². The minimum atomic E-state index is -1.62. The van der Waals surface area contributed by atoms with E-state index in [1.54, 1.807) is 41.5 Å². The number of hydrogen-bond donors (Lipinski definition) is 14. The number of primary amides is 1. The number of amides is 8. The predicted molar refractivity (Wildman–Crippen MR) is 223 cm³/mol. The lowest BCUT2D eigenvalue weighted by Crippen LogP contribution is -2.62. The molecule has 0 radical (unpaired) electrons. The van der Waals surface area contributed by atoms with Crippen LogP contribution in [-0.2, 0) is 43.2 Å². The van der Waals surface area contributed by atoms with E-state index in [4.69, 9.17) is 22.6 Å². The number of carboxylic acid groups (broad SMARTS) is 1. The molecule has 8 amide bonds. The first-order valence-corrected chi connectivity index (χ1v) is 20.7. The van der Waals surface area contributed by atoms with E-state index in [2.05, 4.69) is 37.2 Å². The van der Waals surface area contributed by atoms with Crippen molar-refractivity contribution in [1.29, 1.82) is 5.41 Å². The van der Waals surface area contributed by atoms with Gasteiger partial charge in [0, 0.05) is 19.5 Å². The molecular weight excluding hydrogens is 816 g/mol. The molecule has 0 unspecified atom stereocenters. The molecular formula is C38H68N12O12. The van der Waals surface area contributed by atoms with Crippen LogP contribution in [0.4, 0.5) is 0 Å². The second-order valence-corrected chi connectivity index (χ2v) is 16.0. The molecule has 24 nitrogen and oxygen atoms in total. The molecule has 0 saturated carbocycles. The summed E-state index contributed by atoms with van der Waals surface area (Å²) >= 11 is 0. The van der Waals surface area contributed by atoms with Crippen LogP contribution in [0.2, 0.25) is 0 Å². The van der Waals surface area contributed by atoms with Crippen molar-refractivity contribution in [3.63, 3.8) is 0 Å². The molecule has 0 aliphatic carbocycles. The van der Waals surface area contributed by atoms with Gasteiger partial charge in [-0.2, -0.15) is 0 Å². The fraction of sp³-hybridized carbons (Fsp3) is 0.737. The fourth-order valence-electron chi connectivity index (χ4n) is 6.43. The minimum Gasteiger partial charge on any atom is -0.480 e. The Morgan fingerprint density at radius 3 is 1.73 bits per heavy atom. The minimum absolute atomic E-state index is 0.0271. The number of nitrogens with zero attached hydrogens (tertiary/aromatic N) is 1. The van der Waals surface area contributed by atoms with Crippen molar-refractivity contribution in [2.75, 3.05) is 26.3 Å². The van der Waals surface area contributed by atoms with Gasteiger partial charge in [-0.3, -0.25) is 43.8 Å². The van der Waals surface area contributed by atoms with Gasteiger partial charge < -0.3 is 74.6 Å². The highest BCUT2D eigenvalue weighted by Gasteiger charge is 2.41. The van der Waals surface area contributed by atoms with Gasteiger partial charge in [0.05, 0.1) is 13.2 Å². The van der Waals surface area contributed by atoms with Crippen molar-refractivity contribution in [3.05, 3.63) is 0 Å². The Balaban J connectivity index is 3.32. The average Bonchev–Trinajstić information content (AvgIpc) is 3.71. The van der Waals surface area contributed by atoms with Gasteiger partial charge in [-0.25, -0.2) is 4.79 Å². The molecule has 24 heteroatoms. The van der Waals surface area contributed by atoms with E-state index in [9.17, 15) is 58.5 Å². The standard InChI is InChI=1S/C38H68N12O12/c1-7-20(6)29(35(59)45-23(12-13-26(40)53)36(60)50-15-9-11-25(50)32(56)46-24(17-52)37(61)62)49-34(58)28(19(4)5)48-33(57)27(18(2)3)47-31(55)22(10-8-14-43-38(41)42)44-30(54)21(39)16-51/h18-25,27-29,51-52H,7-17,39H2,1-6H3,(H2,40,53)(H,44,54)(H,45,59)(H,46,56)(H,47,55)(H,48,57)(H,49,58)(H,61,62)(H4,41,42,43)/t20-,21-,22-,23-,24-,25-,27-,28-,29-/m0/s1. The molecule has 1 aliphatic rings. The van der Waals surface area contributed by atoms with Crippen molar-refractivity contribution < 1.29 is 58.5 Å². The van der Waals surface area contributed by atoms with Gasteiger partial charge in [0.15, 0.2) is 5.96 Å². The third-order valence-corrected chi connectivity index (χ3v) is 10.4. The first-order chi connectivity index (χ1) is 29.0. The first kappa shape index (κ1) is 54.4. The largest absolute Gasteiger partial charge is 0.480 e. The van der Waals surface area contributed by atoms with Crippen molar-refractivity contribution in [2.45, 2.75) is 135 Å². The normalized spacial score (nSPS) is 17.5. The average molecular weight is 885 g/mol. The fourth-order valence-corrected chi connectivity index (χ4v) is 6.43. The van der Waals surface area contributed by atoms with Crippen molar-refractivity contribution in [3.8, 4) is 0 Å². The van der Waals surface area contributed by atoms with Crippen LogP contribution in [0.25, 0.3) is 0 Å². The summed E-state index contributed by atoms with van der Waals surface area (Å²) in [5, 5.41) is 53.1. The van der Waals surface area contributed by atoms with Gasteiger partial charge in [0.1, 0.15) is 48.3 Å². The lowest BCUT2D eigenvalue weighted by molar-refractivity contribution is -0.146. The van der Waals surface area contributed by atoms with Crippen molar-refractivity contribution in [2.24, 2.45) is 35.0 Å². The lowest BCUT2D eigenvalue weighted by atomic mass is 9.95. The zero-order valence-corrected chi connectivity index (χ0v) is 36.3. The number of hydrogen-bond acceptors (Lipinski definition) is 13. The van der Waals surface area contributed by atoms with Gasteiger partial charge in [0.25, 0.3) is 0 Å². The Morgan fingerprint density at radius 1 is 0.710 bits per heavy atom. The number of aliphatic hydroxyl groups excluding tert-OH is 2. The summed E-state index contributed by atoms with van der Waals surface area (Å²) in [6.45, 7) is 8.61. The highest BCUT2D eigenvalue weighted by atomic mass is 16.4. The smallest absolute Gasteiger partial charge is 0.328 e. The SMILES string of the molecule is CC[C@H](C)[C@H](NC(=O)[C@@H](NC(=O)[C@@H](NC(=O)[C@H](CCCNC(=N)N)NC(=O)[C@@H](N)CO)C(C)C)C(C)C)C(=O)N[C@@H](CCC(N)=O)C(=O)N1CCC[C@H]1C(=O)N[C@@H](CO)C(=O)O. The molecule has 9 atom stereocenters. The van der Waals surface area contributed by atoms with Crippen LogP contribution in [0, 0.1) is 23.2 Å². The molecule has 0 bridgehead atoms. The van der Waals surface area contributed by atoms with E-state index in [0.717, 1.165) is 4.90 Å². The lowest BCUT2D eigenvalue weighted by Gasteiger charge is -2.32. The topological polar surface area (TPSA) is 404 Å². The number of aliphatic carboxylic acids is 1. The van der Waals surface area contributed by atoms with E-state index < -0.39 is 133 Å². The van der Waals surface area contributed by atoms with Crippen LogP contribution in [0.1, 0.15) is 86.5 Å². The molecule has 0 aromatic rings. The number of carbonyl (C=O) groups is 9. The Bertz CT molecular complexity index is 1600. The Kier molecular flexibility index (Phi) is 23.4. The maximum atomic E-state index is 14.0. The van der Waals surface area contributed by atoms with Crippen LogP contribution in [0.5, 0.6) is 0 Å². The van der Waals surface area contributed by atoms with Crippen LogP contribution < -0.4 is 54.4 Å². The molecule has 17 N–H and O–H groups in total. The third-order valence-electron chi connectivity index (χ3n) is 10.4. The maximum Gasteiger partial charge on any atom is 0.328 e. The Hall–Kier alpha value is -5.62. The number of carboxylic acids is 1. The number of aliphatic hydroxyl groups is 2. The third kappa shape index (κ3) is 17.4. The van der Waals surface area contributed by atoms with Gasteiger partial charge in [-0.05, 0) is 49.9 Å². The van der Waals surface area contributed by atoms with Gasteiger partial charge in [-0.15, -0.1) is 0 Å². The molecule has 0 spiro atoms. The highest BCUT2D eigenvalue weighted by molar-refractivity contribution is 5.98. The van der Waals surface area contributed by atoms with Crippen molar-refractivity contribution in [1.82, 2.24) is 42.1 Å². The number of likely N-dealkylation sites (tertiary alicyclic amines) is 1.